The van der Waals surface area contributed by atoms with E-state index in [2.05, 4.69) is 30.9 Å². The average molecular weight is 281 g/mol. The Labute approximate surface area is 119 Å². The van der Waals surface area contributed by atoms with Gasteiger partial charge in [0.2, 0.25) is 0 Å². The molecule has 106 valence electrons. The van der Waals surface area contributed by atoms with Crippen LogP contribution < -0.4 is 0 Å². The summed E-state index contributed by atoms with van der Waals surface area (Å²) in [5.74, 6) is 0.148. The molecule has 0 radical (unpaired) electrons. The van der Waals surface area contributed by atoms with E-state index in [1.54, 1.807) is 0 Å². The molecule has 0 spiro atoms. The Morgan fingerprint density at radius 3 is 3.00 bits per heavy atom. The van der Waals surface area contributed by atoms with Crippen molar-refractivity contribution in [3.8, 4) is 0 Å². The summed E-state index contributed by atoms with van der Waals surface area (Å²) in [4.78, 5) is 16.1. The van der Waals surface area contributed by atoms with E-state index >= 15 is 0 Å². The van der Waals surface area contributed by atoms with Crippen molar-refractivity contribution in [3.63, 3.8) is 0 Å². The van der Waals surface area contributed by atoms with Crippen molar-refractivity contribution in [1.29, 1.82) is 0 Å². The number of hydrogen-bond donors (Lipinski definition) is 1. The van der Waals surface area contributed by atoms with E-state index in [1.807, 2.05) is 11.3 Å². The zero-order valence-electron chi connectivity index (χ0n) is 11.8. The summed E-state index contributed by atoms with van der Waals surface area (Å²) in [5, 5.41) is 8.91. The molecule has 1 N–H and O–H groups in total. The monoisotopic (exact) mass is 281 g/mol. The fraction of sp³-hybridized carbons (Fsp3) is 0.667. The Kier molecular flexibility index (Phi) is 4.99. The molecular formula is C15H23NO2S. The largest absolute Gasteiger partial charge is 0.481 e. The third-order valence-electron chi connectivity index (χ3n) is 4.02. The number of rotatable bonds is 5. The molecule has 2 rings (SSSR count). The van der Waals surface area contributed by atoms with Crippen molar-refractivity contribution in [3.05, 3.63) is 21.9 Å². The molecule has 1 aromatic rings. The first kappa shape index (κ1) is 14.5. The second kappa shape index (κ2) is 6.53. The summed E-state index contributed by atoms with van der Waals surface area (Å²) < 4.78 is 0. The van der Waals surface area contributed by atoms with Crippen molar-refractivity contribution in [2.45, 2.75) is 39.7 Å². The molecule has 1 saturated heterocycles. The van der Waals surface area contributed by atoms with Crippen molar-refractivity contribution < 1.29 is 9.90 Å². The molecule has 4 heteroatoms. The van der Waals surface area contributed by atoms with Crippen molar-refractivity contribution in [2.24, 2.45) is 11.8 Å². The van der Waals surface area contributed by atoms with Crippen LogP contribution in [0.25, 0.3) is 0 Å². The summed E-state index contributed by atoms with van der Waals surface area (Å²) in [6.45, 7) is 7.44. The summed E-state index contributed by atoms with van der Waals surface area (Å²) >= 11 is 1.87. The van der Waals surface area contributed by atoms with E-state index in [0.717, 1.165) is 19.6 Å². The number of hydrogen-bond acceptors (Lipinski definition) is 3. The average Bonchev–Trinajstić information content (AvgIpc) is 2.74. The lowest BCUT2D eigenvalue weighted by Gasteiger charge is -2.35. The van der Waals surface area contributed by atoms with Gasteiger partial charge in [0.05, 0.1) is 0 Å². The van der Waals surface area contributed by atoms with Crippen LogP contribution in [0, 0.1) is 18.8 Å². The highest BCUT2D eigenvalue weighted by atomic mass is 32.1. The molecule has 2 heterocycles. The van der Waals surface area contributed by atoms with Crippen LogP contribution in [-0.4, -0.2) is 29.1 Å². The number of aliphatic carboxylic acids is 1. The van der Waals surface area contributed by atoms with E-state index in [0.29, 0.717) is 12.3 Å². The molecule has 0 saturated carbocycles. The summed E-state index contributed by atoms with van der Waals surface area (Å²) in [6.07, 6.45) is 2.67. The van der Waals surface area contributed by atoms with Gasteiger partial charge in [-0.1, -0.05) is 6.92 Å². The number of carboxylic acids is 1. The fourth-order valence-electron chi connectivity index (χ4n) is 2.93. The Bertz CT molecular complexity index is 430. The highest BCUT2D eigenvalue weighted by molar-refractivity contribution is 7.11. The van der Waals surface area contributed by atoms with Gasteiger partial charge in [0.15, 0.2) is 0 Å². The molecule has 1 aromatic heterocycles. The lowest BCUT2D eigenvalue weighted by Crippen LogP contribution is -2.37. The van der Waals surface area contributed by atoms with Crippen LogP contribution in [0.1, 0.15) is 35.9 Å². The first-order chi connectivity index (χ1) is 9.04. The molecular weight excluding hydrogens is 258 g/mol. The van der Waals surface area contributed by atoms with E-state index < -0.39 is 5.97 Å². The minimum absolute atomic E-state index is 0.283. The minimum Gasteiger partial charge on any atom is -0.481 e. The first-order valence-corrected chi connectivity index (χ1v) is 7.85. The number of piperidine rings is 1. The maximum Gasteiger partial charge on any atom is 0.303 e. The van der Waals surface area contributed by atoms with E-state index in [-0.39, 0.29) is 5.92 Å². The van der Waals surface area contributed by atoms with Gasteiger partial charge >= 0.3 is 5.97 Å². The van der Waals surface area contributed by atoms with Crippen LogP contribution in [-0.2, 0) is 11.3 Å². The number of likely N-dealkylation sites (tertiary alicyclic amines) is 1. The molecule has 0 bridgehead atoms. The lowest BCUT2D eigenvalue weighted by molar-refractivity contribution is -0.138. The van der Waals surface area contributed by atoms with Crippen molar-refractivity contribution in [1.82, 2.24) is 4.90 Å². The second-order valence-electron chi connectivity index (χ2n) is 5.72. The van der Waals surface area contributed by atoms with Gasteiger partial charge in [-0.3, -0.25) is 9.69 Å². The SMILES string of the molecule is Cc1ccc(CN2CCCC(C(C)CC(=O)O)C2)s1. The fourth-order valence-corrected chi connectivity index (χ4v) is 3.86. The van der Waals surface area contributed by atoms with E-state index in [1.165, 1.54) is 22.6 Å². The predicted molar refractivity (Wildman–Crippen MR) is 78.5 cm³/mol. The molecule has 0 amide bonds. The molecule has 0 aliphatic carbocycles. The molecule has 2 atom stereocenters. The molecule has 2 unspecified atom stereocenters. The zero-order chi connectivity index (χ0) is 13.8. The number of nitrogens with zero attached hydrogens (tertiary/aromatic N) is 1. The Morgan fingerprint density at radius 1 is 1.58 bits per heavy atom. The maximum atomic E-state index is 10.8. The highest BCUT2D eigenvalue weighted by Crippen LogP contribution is 2.28. The van der Waals surface area contributed by atoms with E-state index in [9.17, 15) is 4.79 Å². The van der Waals surface area contributed by atoms with Gasteiger partial charge in [-0.25, -0.2) is 0 Å². The normalized spacial score (nSPS) is 22.3. The number of carboxylic acid groups (broad SMARTS) is 1. The van der Waals surface area contributed by atoms with E-state index in [4.69, 9.17) is 5.11 Å². The summed E-state index contributed by atoms with van der Waals surface area (Å²) in [7, 11) is 0. The predicted octanol–water partition coefficient (Wildman–Crippen LogP) is 3.38. The standard InChI is InChI=1S/C15H23NO2S/c1-11(8-15(17)18)13-4-3-7-16(9-13)10-14-6-5-12(2)19-14/h5-6,11,13H,3-4,7-10H2,1-2H3,(H,17,18). The molecule has 1 aliphatic heterocycles. The van der Waals surface area contributed by atoms with Gasteiger partial charge in [-0.05, 0) is 50.3 Å². The van der Waals surface area contributed by atoms with Gasteiger partial charge < -0.3 is 5.11 Å². The van der Waals surface area contributed by atoms with Gasteiger partial charge in [-0.15, -0.1) is 11.3 Å². The van der Waals surface area contributed by atoms with Gasteiger partial charge in [0, 0.05) is 29.3 Å². The quantitative estimate of drug-likeness (QED) is 0.899. The summed E-state index contributed by atoms with van der Waals surface area (Å²) in [5.41, 5.74) is 0. The lowest BCUT2D eigenvalue weighted by atomic mass is 9.84. The maximum absolute atomic E-state index is 10.8. The molecule has 0 aromatic carbocycles. The van der Waals surface area contributed by atoms with Crippen LogP contribution in [0.4, 0.5) is 0 Å². The number of carbonyl (C=O) groups is 1. The minimum atomic E-state index is -0.668. The van der Waals surface area contributed by atoms with Crippen LogP contribution in [0.15, 0.2) is 12.1 Å². The van der Waals surface area contributed by atoms with Crippen LogP contribution >= 0.6 is 11.3 Å². The topological polar surface area (TPSA) is 40.5 Å². The molecule has 19 heavy (non-hydrogen) atoms. The zero-order valence-corrected chi connectivity index (χ0v) is 12.6. The molecule has 1 aliphatic rings. The van der Waals surface area contributed by atoms with Gasteiger partial charge in [-0.2, -0.15) is 0 Å². The second-order valence-corrected chi connectivity index (χ2v) is 7.10. The van der Waals surface area contributed by atoms with Crippen LogP contribution in [0.5, 0.6) is 0 Å². The van der Waals surface area contributed by atoms with Crippen LogP contribution in [0.2, 0.25) is 0 Å². The highest BCUT2D eigenvalue weighted by Gasteiger charge is 2.26. The van der Waals surface area contributed by atoms with Crippen LogP contribution in [0.3, 0.4) is 0 Å². The third kappa shape index (κ3) is 4.32. The first-order valence-electron chi connectivity index (χ1n) is 7.04. The van der Waals surface area contributed by atoms with Gasteiger partial charge in [0.25, 0.3) is 0 Å². The molecule has 3 nitrogen and oxygen atoms in total. The number of aryl methyl sites for hydroxylation is 1. The third-order valence-corrected chi connectivity index (χ3v) is 5.00. The summed E-state index contributed by atoms with van der Waals surface area (Å²) in [6, 6.07) is 4.39. The Hall–Kier alpha value is -0.870. The molecule has 1 fully saturated rings. The Balaban J connectivity index is 1.88. The number of thiophene rings is 1. The smallest absolute Gasteiger partial charge is 0.303 e. The van der Waals surface area contributed by atoms with Crippen molar-refractivity contribution >= 4 is 17.3 Å². The van der Waals surface area contributed by atoms with Gasteiger partial charge in [0.1, 0.15) is 0 Å². The Morgan fingerprint density at radius 2 is 2.37 bits per heavy atom. The van der Waals surface area contributed by atoms with Crippen molar-refractivity contribution in [2.75, 3.05) is 13.1 Å².